The fourth-order valence-electron chi connectivity index (χ4n) is 1.05. The molecule has 1 rings (SSSR count). The minimum atomic E-state index is -2.89. The lowest BCUT2D eigenvalue weighted by atomic mass is 10.2. The van der Waals surface area contributed by atoms with Gasteiger partial charge in [-0.15, -0.1) is 0 Å². The Labute approximate surface area is 77.7 Å². The van der Waals surface area contributed by atoms with Gasteiger partial charge in [0.2, 0.25) is 0 Å². The van der Waals surface area contributed by atoms with Crippen LogP contribution in [-0.4, -0.2) is 11.3 Å². The molecule has 6 heteroatoms. The standard InChI is InChI=1S/C8H8F2N2O2/c9-8(10)7-5(3-13)6(14)1-4(2-11)12-7/h1,3,8H,2,11H2,(H,12,14). The molecule has 0 atom stereocenters. The van der Waals surface area contributed by atoms with Crippen LogP contribution in [0.4, 0.5) is 8.78 Å². The van der Waals surface area contributed by atoms with Crippen molar-refractivity contribution in [3.8, 4) is 0 Å². The van der Waals surface area contributed by atoms with E-state index >= 15 is 0 Å². The third kappa shape index (κ3) is 1.85. The number of pyridine rings is 1. The predicted octanol–water partition coefficient (Wildman–Crippen LogP) is 0.584. The van der Waals surface area contributed by atoms with E-state index in [1.807, 2.05) is 0 Å². The highest BCUT2D eigenvalue weighted by atomic mass is 19.3. The fraction of sp³-hybridized carbons (Fsp3) is 0.250. The van der Waals surface area contributed by atoms with Gasteiger partial charge in [-0.05, 0) is 0 Å². The second-order valence-electron chi connectivity index (χ2n) is 2.61. The molecule has 1 heterocycles. The third-order valence-electron chi connectivity index (χ3n) is 1.71. The Balaban J connectivity index is 3.43. The van der Waals surface area contributed by atoms with Gasteiger partial charge in [-0.1, -0.05) is 0 Å². The van der Waals surface area contributed by atoms with Gasteiger partial charge in [-0.3, -0.25) is 9.59 Å². The molecule has 0 aliphatic rings. The number of carbonyl (C=O) groups is 1. The van der Waals surface area contributed by atoms with E-state index in [0.717, 1.165) is 6.07 Å². The molecule has 0 aliphatic heterocycles. The first-order valence-electron chi connectivity index (χ1n) is 3.79. The Morgan fingerprint density at radius 3 is 2.64 bits per heavy atom. The van der Waals surface area contributed by atoms with Gasteiger partial charge in [0.05, 0.1) is 11.3 Å². The van der Waals surface area contributed by atoms with Crippen LogP contribution < -0.4 is 11.2 Å². The van der Waals surface area contributed by atoms with Crippen molar-refractivity contribution in [1.29, 1.82) is 0 Å². The van der Waals surface area contributed by atoms with Crippen molar-refractivity contribution in [3.05, 3.63) is 33.2 Å². The van der Waals surface area contributed by atoms with Crippen molar-refractivity contribution in [3.63, 3.8) is 0 Å². The molecule has 0 bridgehead atoms. The number of nitrogens with one attached hydrogen (secondary N) is 1. The number of alkyl halides is 2. The van der Waals surface area contributed by atoms with Crippen molar-refractivity contribution in [2.45, 2.75) is 13.0 Å². The molecule has 1 aromatic rings. The summed E-state index contributed by atoms with van der Waals surface area (Å²) in [6, 6.07) is 1.04. The van der Waals surface area contributed by atoms with Crippen LogP contribution >= 0.6 is 0 Å². The van der Waals surface area contributed by atoms with E-state index < -0.39 is 23.1 Å². The Morgan fingerprint density at radius 2 is 2.21 bits per heavy atom. The minimum absolute atomic E-state index is 0.0614. The molecule has 0 saturated carbocycles. The predicted molar refractivity (Wildman–Crippen MR) is 45.3 cm³/mol. The Bertz CT molecular complexity index is 401. The average Bonchev–Trinajstić information content (AvgIpc) is 2.16. The Morgan fingerprint density at radius 1 is 1.57 bits per heavy atom. The van der Waals surface area contributed by atoms with E-state index in [4.69, 9.17) is 5.73 Å². The third-order valence-corrected chi connectivity index (χ3v) is 1.71. The molecular weight excluding hydrogens is 194 g/mol. The monoisotopic (exact) mass is 202 g/mol. The Hall–Kier alpha value is -1.56. The van der Waals surface area contributed by atoms with Gasteiger partial charge < -0.3 is 10.7 Å². The van der Waals surface area contributed by atoms with E-state index in [1.54, 1.807) is 0 Å². The average molecular weight is 202 g/mol. The van der Waals surface area contributed by atoms with Gasteiger partial charge in [-0.2, -0.15) is 0 Å². The molecule has 1 aromatic heterocycles. The Kier molecular flexibility index (Phi) is 3.08. The maximum absolute atomic E-state index is 12.3. The summed E-state index contributed by atoms with van der Waals surface area (Å²) in [4.78, 5) is 23.7. The summed E-state index contributed by atoms with van der Waals surface area (Å²) < 4.78 is 24.7. The van der Waals surface area contributed by atoms with Crippen LogP contribution in [0.25, 0.3) is 0 Å². The molecule has 0 aliphatic carbocycles. The number of H-pyrrole nitrogens is 1. The summed E-state index contributed by atoms with van der Waals surface area (Å²) in [5.74, 6) is 0. The number of aromatic amines is 1. The smallest absolute Gasteiger partial charge is 0.279 e. The number of halogens is 2. The highest BCUT2D eigenvalue weighted by Crippen LogP contribution is 2.17. The quantitative estimate of drug-likeness (QED) is 0.704. The fourth-order valence-corrected chi connectivity index (χ4v) is 1.05. The maximum atomic E-state index is 12.3. The summed E-state index contributed by atoms with van der Waals surface area (Å²) in [7, 11) is 0. The summed E-state index contributed by atoms with van der Waals surface area (Å²) >= 11 is 0. The first kappa shape index (κ1) is 10.5. The zero-order valence-corrected chi connectivity index (χ0v) is 7.09. The summed E-state index contributed by atoms with van der Waals surface area (Å²) in [5.41, 5.74) is 3.39. The molecule has 76 valence electrons. The topological polar surface area (TPSA) is 76.0 Å². The van der Waals surface area contributed by atoms with Crippen LogP contribution in [0.2, 0.25) is 0 Å². The second kappa shape index (κ2) is 4.10. The molecule has 3 N–H and O–H groups in total. The van der Waals surface area contributed by atoms with Gasteiger partial charge in [-0.25, -0.2) is 8.78 Å². The molecule has 0 amide bonds. The van der Waals surface area contributed by atoms with Crippen molar-refractivity contribution >= 4 is 6.29 Å². The zero-order valence-electron chi connectivity index (χ0n) is 7.09. The normalized spacial score (nSPS) is 10.6. The van der Waals surface area contributed by atoms with Crippen molar-refractivity contribution in [2.75, 3.05) is 0 Å². The maximum Gasteiger partial charge on any atom is 0.279 e. The van der Waals surface area contributed by atoms with E-state index in [9.17, 15) is 18.4 Å². The molecule has 0 unspecified atom stereocenters. The summed E-state index contributed by atoms with van der Waals surface area (Å²) in [5, 5.41) is 0. The van der Waals surface area contributed by atoms with Crippen molar-refractivity contribution < 1.29 is 13.6 Å². The molecule has 0 fully saturated rings. The van der Waals surface area contributed by atoms with Crippen LogP contribution in [0.15, 0.2) is 10.9 Å². The van der Waals surface area contributed by atoms with Crippen LogP contribution in [-0.2, 0) is 6.54 Å². The van der Waals surface area contributed by atoms with Crippen LogP contribution in [0.3, 0.4) is 0 Å². The zero-order chi connectivity index (χ0) is 10.7. The number of rotatable bonds is 3. The van der Waals surface area contributed by atoms with Gasteiger partial charge >= 0.3 is 0 Å². The largest absolute Gasteiger partial charge is 0.356 e. The van der Waals surface area contributed by atoms with Crippen molar-refractivity contribution in [1.82, 2.24) is 4.98 Å². The number of hydrogen-bond donors (Lipinski definition) is 2. The first-order valence-corrected chi connectivity index (χ1v) is 3.79. The SMILES string of the molecule is NCc1cc(=O)c(C=O)c(C(F)F)[nH]1. The number of aromatic nitrogens is 1. The minimum Gasteiger partial charge on any atom is -0.356 e. The van der Waals surface area contributed by atoms with Crippen LogP contribution in [0, 0.1) is 0 Å². The molecule has 0 radical (unpaired) electrons. The van der Waals surface area contributed by atoms with Gasteiger partial charge in [0, 0.05) is 18.3 Å². The number of carbonyl (C=O) groups excluding carboxylic acids is 1. The number of hydrogen-bond acceptors (Lipinski definition) is 3. The van der Waals surface area contributed by atoms with E-state index in [-0.39, 0.29) is 18.5 Å². The summed E-state index contributed by atoms with van der Waals surface area (Å²) in [6.45, 7) is -0.0614. The van der Waals surface area contributed by atoms with Gasteiger partial charge in [0.25, 0.3) is 6.43 Å². The number of nitrogens with two attached hydrogens (primary N) is 1. The molecule has 14 heavy (non-hydrogen) atoms. The van der Waals surface area contributed by atoms with E-state index in [0.29, 0.717) is 0 Å². The molecule has 4 nitrogen and oxygen atoms in total. The van der Waals surface area contributed by atoms with Gasteiger partial charge in [0.1, 0.15) is 0 Å². The second-order valence-corrected chi connectivity index (χ2v) is 2.61. The molecule has 0 saturated heterocycles. The van der Waals surface area contributed by atoms with Crippen LogP contribution in [0.1, 0.15) is 28.2 Å². The summed E-state index contributed by atoms with van der Waals surface area (Å²) in [6.07, 6.45) is -2.78. The number of aldehydes is 1. The molecular formula is C8H8F2N2O2. The highest BCUT2D eigenvalue weighted by Gasteiger charge is 2.16. The molecule has 0 aromatic carbocycles. The molecule has 0 spiro atoms. The van der Waals surface area contributed by atoms with E-state index in [2.05, 4.69) is 4.98 Å². The van der Waals surface area contributed by atoms with E-state index in [1.165, 1.54) is 0 Å². The van der Waals surface area contributed by atoms with Gasteiger partial charge in [0.15, 0.2) is 11.7 Å². The lowest BCUT2D eigenvalue weighted by Gasteiger charge is -2.05. The lowest BCUT2D eigenvalue weighted by Crippen LogP contribution is -2.17. The van der Waals surface area contributed by atoms with Crippen LogP contribution in [0.5, 0.6) is 0 Å². The first-order chi connectivity index (χ1) is 6.60. The lowest BCUT2D eigenvalue weighted by molar-refractivity contribution is 0.110. The highest BCUT2D eigenvalue weighted by molar-refractivity contribution is 5.76. The van der Waals surface area contributed by atoms with Crippen molar-refractivity contribution in [2.24, 2.45) is 5.73 Å².